The molecule has 1 saturated heterocycles. The molecule has 1 N–H and O–H groups in total. The monoisotopic (exact) mass is 338 g/mol. The van der Waals surface area contributed by atoms with E-state index in [9.17, 15) is 4.39 Å². The zero-order chi connectivity index (χ0) is 15.2. The Morgan fingerprint density at radius 2 is 2.04 bits per heavy atom. The lowest BCUT2D eigenvalue weighted by Gasteiger charge is -2.30. The minimum Gasteiger partial charge on any atom is -0.338 e. The van der Waals surface area contributed by atoms with Crippen molar-refractivity contribution in [1.29, 1.82) is 0 Å². The van der Waals surface area contributed by atoms with Gasteiger partial charge in [0.1, 0.15) is 5.82 Å². The molecule has 0 bridgehead atoms. The molecule has 1 aliphatic heterocycles. The number of piperazine rings is 1. The number of likely N-dealkylation sites (N-methyl/N-ethyl adjacent to an activating group) is 1. The summed E-state index contributed by atoms with van der Waals surface area (Å²) in [5.74, 6) is 1.17. The summed E-state index contributed by atoms with van der Waals surface area (Å²) in [6, 6.07) is 6.77. The highest BCUT2D eigenvalue weighted by Gasteiger charge is 2.51. The molecule has 4 rings (SSSR count). The van der Waals surface area contributed by atoms with Crippen LogP contribution in [-0.2, 0) is 5.41 Å². The molecule has 23 heavy (non-hydrogen) atoms. The zero-order valence-corrected chi connectivity index (χ0v) is 13.8. The van der Waals surface area contributed by atoms with E-state index >= 15 is 0 Å². The van der Waals surface area contributed by atoms with E-state index < -0.39 is 0 Å². The third-order valence-electron chi connectivity index (χ3n) is 4.81. The van der Waals surface area contributed by atoms with Crippen molar-refractivity contribution in [2.24, 2.45) is 0 Å². The predicted molar refractivity (Wildman–Crippen MR) is 86.2 cm³/mol. The van der Waals surface area contributed by atoms with E-state index in [1.54, 1.807) is 0 Å². The summed E-state index contributed by atoms with van der Waals surface area (Å²) in [5.41, 5.74) is 0.846. The van der Waals surface area contributed by atoms with Gasteiger partial charge in [-0.3, -0.25) is 4.90 Å². The summed E-state index contributed by atoms with van der Waals surface area (Å²) < 4.78 is 18.7. The number of hydrogen-bond donors (Lipinski definition) is 1. The van der Waals surface area contributed by atoms with Crippen LogP contribution in [0, 0.1) is 5.82 Å². The lowest BCUT2D eigenvalue weighted by Crippen LogP contribution is -2.44. The molecule has 1 aromatic carbocycles. The molecule has 0 amide bonds. The maximum atomic E-state index is 13.1. The van der Waals surface area contributed by atoms with Crippen molar-refractivity contribution in [3.8, 4) is 0 Å². The smallest absolute Gasteiger partial charge is 0.237 e. The van der Waals surface area contributed by atoms with Crippen LogP contribution in [0.1, 0.15) is 36.2 Å². The van der Waals surface area contributed by atoms with Crippen LogP contribution in [0.25, 0.3) is 0 Å². The molecule has 0 radical (unpaired) electrons. The number of benzene rings is 1. The first-order valence-electron chi connectivity index (χ1n) is 7.70. The van der Waals surface area contributed by atoms with Crippen LogP contribution in [0.4, 0.5) is 4.39 Å². The molecule has 2 fully saturated rings. The van der Waals surface area contributed by atoms with Crippen molar-refractivity contribution < 1.29 is 8.91 Å². The van der Waals surface area contributed by atoms with Gasteiger partial charge >= 0.3 is 0 Å². The average Bonchev–Trinajstić information content (AvgIpc) is 3.19. The maximum absolute atomic E-state index is 13.1. The Morgan fingerprint density at radius 3 is 2.70 bits per heavy atom. The summed E-state index contributed by atoms with van der Waals surface area (Å²) in [5, 5.41) is 7.56. The number of nitrogens with one attached hydrogen (secondary N) is 1. The molecule has 2 heterocycles. The first kappa shape index (κ1) is 16.4. The quantitative estimate of drug-likeness (QED) is 0.930. The fraction of sp³-hybridized carbons (Fsp3) is 0.500. The van der Waals surface area contributed by atoms with E-state index in [1.807, 2.05) is 12.1 Å². The molecule has 1 saturated carbocycles. The van der Waals surface area contributed by atoms with Gasteiger partial charge in [0.15, 0.2) is 5.82 Å². The van der Waals surface area contributed by atoms with Crippen LogP contribution in [0.2, 0.25) is 0 Å². The highest BCUT2D eigenvalue weighted by molar-refractivity contribution is 5.85. The third kappa shape index (κ3) is 2.86. The normalized spacial score (nSPS) is 23.3. The summed E-state index contributed by atoms with van der Waals surface area (Å²) in [7, 11) is 2.08. The van der Waals surface area contributed by atoms with Gasteiger partial charge in [-0.05, 0) is 37.6 Å². The van der Waals surface area contributed by atoms with Crippen LogP contribution in [0.3, 0.4) is 0 Å². The maximum Gasteiger partial charge on any atom is 0.237 e. The summed E-state index contributed by atoms with van der Waals surface area (Å²) in [6.07, 6.45) is 1.94. The second-order valence-corrected chi connectivity index (χ2v) is 6.25. The Hall–Kier alpha value is -1.50. The second-order valence-electron chi connectivity index (χ2n) is 6.25. The molecule has 0 spiro atoms. The van der Waals surface area contributed by atoms with Crippen molar-refractivity contribution in [1.82, 2.24) is 20.4 Å². The molecule has 2 aliphatic rings. The third-order valence-corrected chi connectivity index (χ3v) is 4.81. The molecule has 5 nitrogen and oxygen atoms in total. The standard InChI is InChI=1S/C16H19FN4O.ClH/c1-21-9-8-18-10-13(21)14-19-15(22-20-14)16(6-7-16)11-2-4-12(17)5-3-11;/h2-5,13,18H,6-10H2,1H3;1H. The Kier molecular flexibility index (Phi) is 4.40. The summed E-state index contributed by atoms with van der Waals surface area (Å²) in [6.45, 7) is 2.79. The van der Waals surface area contributed by atoms with Crippen LogP contribution in [0.15, 0.2) is 28.8 Å². The van der Waals surface area contributed by atoms with Gasteiger partial charge in [0.05, 0.1) is 11.5 Å². The van der Waals surface area contributed by atoms with E-state index in [1.165, 1.54) is 12.1 Å². The van der Waals surface area contributed by atoms with Crippen molar-refractivity contribution in [2.45, 2.75) is 24.3 Å². The van der Waals surface area contributed by atoms with Gasteiger partial charge in [0, 0.05) is 19.6 Å². The topological polar surface area (TPSA) is 54.2 Å². The molecule has 2 aromatic rings. The molecule has 124 valence electrons. The molecule has 1 unspecified atom stereocenters. The molecule has 1 aliphatic carbocycles. The molecular weight excluding hydrogens is 319 g/mol. The van der Waals surface area contributed by atoms with Gasteiger partial charge in [-0.1, -0.05) is 17.3 Å². The van der Waals surface area contributed by atoms with Crippen molar-refractivity contribution in [3.05, 3.63) is 47.4 Å². The fourth-order valence-electron chi connectivity index (χ4n) is 3.18. The van der Waals surface area contributed by atoms with Crippen LogP contribution in [0.5, 0.6) is 0 Å². The number of hydrogen-bond acceptors (Lipinski definition) is 5. The summed E-state index contributed by atoms with van der Waals surface area (Å²) in [4.78, 5) is 6.90. The minimum atomic E-state index is -0.222. The second kappa shape index (κ2) is 6.19. The first-order valence-corrected chi connectivity index (χ1v) is 7.70. The van der Waals surface area contributed by atoms with Gasteiger partial charge in [-0.25, -0.2) is 4.39 Å². The van der Waals surface area contributed by atoms with Crippen molar-refractivity contribution >= 4 is 12.4 Å². The zero-order valence-electron chi connectivity index (χ0n) is 13.0. The predicted octanol–water partition coefficient (Wildman–Crippen LogP) is 2.29. The Balaban J connectivity index is 0.00000156. The van der Waals surface area contributed by atoms with Gasteiger partial charge in [-0.15, -0.1) is 12.4 Å². The number of nitrogens with zero attached hydrogens (tertiary/aromatic N) is 3. The molecule has 7 heteroatoms. The lowest BCUT2D eigenvalue weighted by molar-refractivity contribution is 0.190. The molecular formula is C16H20ClFN4O. The highest BCUT2D eigenvalue weighted by atomic mass is 35.5. The Labute approximate surface area is 140 Å². The number of halogens is 2. The van der Waals surface area contributed by atoms with Crippen LogP contribution < -0.4 is 5.32 Å². The number of aromatic nitrogens is 2. The first-order chi connectivity index (χ1) is 10.7. The average molecular weight is 339 g/mol. The van der Waals surface area contributed by atoms with Gasteiger partial charge in [0.2, 0.25) is 5.89 Å². The lowest BCUT2D eigenvalue weighted by atomic mass is 9.96. The van der Waals surface area contributed by atoms with Gasteiger partial charge in [-0.2, -0.15) is 4.98 Å². The fourth-order valence-corrected chi connectivity index (χ4v) is 3.18. The molecule has 1 aromatic heterocycles. The van der Waals surface area contributed by atoms with Crippen molar-refractivity contribution in [2.75, 3.05) is 26.7 Å². The van der Waals surface area contributed by atoms with Crippen molar-refractivity contribution in [3.63, 3.8) is 0 Å². The van der Waals surface area contributed by atoms with Crippen LogP contribution in [-0.4, -0.2) is 41.7 Å². The van der Waals surface area contributed by atoms with Gasteiger partial charge in [0.25, 0.3) is 0 Å². The van der Waals surface area contributed by atoms with Crippen LogP contribution >= 0.6 is 12.4 Å². The van der Waals surface area contributed by atoms with Gasteiger partial charge < -0.3 is 9.84 Å². The highest BCUT2D eigenvalue weighted by Crippen LogP contribution is 2.52. The Bertz CT molecular complexity index is 671. The number of rotatable bonds is 3. The minimum absolute atomic E-state index is 0. The van der Waals surface area contributed by atoms with E-state index in [-0.39, 0.29) is 29.7 Å². The summed E-state index contributed by atoms with van der Waals surface area (Å²) >= 11 is 0. The van der Waals surface area contributed by atoms with E-state index in [2.05, 4.69) is 27.4 Å². The van der Waals surface area contributed by atoms with E-state index in [4.69, 9.17) is 4.52 Å². The molecule has 1 atom stereocenters. The van der Waals surface area contributed by atoms with E-state index in [0.29, 0.717) is 5.89 Å². The van der Waals surface area contributed by atoms with E-state index in [0.717, 1.165) is 43.9 Å². The SMILES string of the molecule is CN1CCNCC1c1noc(C2(c3ccc(F)cc3)CC2)n1.Cl. The Morgan fingerprint density at radius 1 is 1.30 bits per heavy atom. The largest absolute Gasteiger partial charge is 0.338 e.